The van der Waals surface area contributed by atoms with E-state index in [1.165, 1.54) is 0 Å². The second kappa shape index (κ2) is 10.5. The average molecular weight is 418 g/mol. The molecule has 0 bridgehead atoms. The van der Waals surface area contributed by atoms with Crippen molar-refractivity contribution in [3.8, 4) is 11.5 Å². The van der Waals surface area contributed by atoms with Gasteiger partial charge in [-0.2, -0.15) is 0 Å². The molecule has 3 rings (SSSR count). The summed E-state index contributed by atoms with van der Waals surface area (Å²) < 4.78 is 11.0. The summed E-state index contributed by atoms with van der Waals surface area (Å²) in [4.78, 5) is 17.1. The standard InChI is InChI=1S/C22H28ClN3O3/c1-17(22(27)24-21-6-4-3-5-20(21)23)26-13-11-25(12-14-26)15-16-29-19-9-7-18(28-2)8-10-19/h3-10,17H,11-16H2,1-2H3,(H,24,27)/t17-/m1/s1. The Kier molecular flexibility index (Phi) is 7.75. The fourth-order valence-electron chi connectivity index (χ4n) is 3.30. The van der Waals surface area contributed by atoms with Gasteiger partial charge in [-0.1, -0.05) is 23.7 Å². The zero-order chi connectivity index (χ0) is 20.6. The van der Waals surface area contributed by atoms with Crippen molar-refractivity contribution in [1.29, 1.82) is 0 Å². The quantitative estimate of drug-likeness (QED) is 0.713. The average Bonchev–Trinajstić information content (AvgIpc) is 2.76. The second-order valence-corrected chi connectivity index (χ2v) is 7.45. The van der Waals surface area contributed by atoms with Crippen LogP contribution in [0.25, 0.3) is 0 Å². The number of ether oxygens (including phenoxy) is 2. The van der Waals surface area contributed by atoms with E-state index in [2.05, 4.69) is 15.1 Å². The van der Waals surface area contributed by atoms with Crippen molar-refractivity contribution in [1.82, 2.24) is 9.80 Å². The van der Waals surface area contributed by atoms with Crippen LogP contribution in [0.4, 0.5) is 5.69 Å². The third-order valence-corrected chi connectivity index (χ3v) is 5.53. The number of rotatable bonds is 8. The number of hydrogen-bond donors (Lipinski definition) is 1. The molecular weight excluding hydrogens is 390 g/mol. The minimum absolute atomic E-state index is 0.0330. The molecule has 2 aromatic rings. The van der Waals surface area contributed by atoms with Gasteiger partial charge in [0, 0.05) is 32.7 Å². The van der Waals surface area contributed by atoms with Crippen LogP contribution in [0, 0.1) is 0 Å². The highest BCUT2D eigenvalue weighted by atomic mass is 35.5. The minimum atomic E-state index is -0.205. The summed E-state index contributed by atoms with van der Waals surface area (Å²) >= 11 is 6.13. The van der Waals surface area contributed by atoms with Crippen molar-refractivity contribution in [2.45, 2.75) is 13.0 Å². The normalized spacial score (nSPS) is 16.2. The molecule has 156 valence electrons. The minimum Gasteiger partial charge on any atom is -0.497 e. The smallest absolute Gasteiger partial charge is 0.241 e. The van der Waals surface area contributed by atoms with Gasteiger partial charge in [0.05, 0.1) is 23.9 Å². The molecule has 6 nitrogen and oxygen atoms in total. The first-order valence-corrected chi connectivity index (χ1v) is 10.2. The zero-order valence-electron chi connectivity index (χ0n) is 16.9. The van der Waals surface area contributed by atoms with Gasteiger partial charge < -0.3 is 14.8 Å². The summed E-state index contributed by atoms with van der Waals surface area (Å²) in [5, 5.41) is 3.47. The van der Waals surface area contributed by atoms with Gasteiger partial charge in [0.15, 0.2) is 0 Å². The van der Waals surface area contributed by atoms with E-state index in [9.17, 15) is 4.79 Å². The van der Waals surface area contributed by atoms with Gasteiger partial charge in [0.2, 0.25) is 5.91 Å². The largest absolute Gasteiger partial charge is 0.497 e. The molecule has 0 aromatic heterocycles. The molecule has 1 fully saturated rings. The van der Waals surface area contributed by atoms with Gasteiger partial charge in [-0.25, -0.2) is 0 Å². The van der Waals surface area contributed by atoms with E-state index < -0.39 is 0 Å². The molecule has 1 amide bonds. The van der Waals surface area contributed by atoms with Crippen molar-refractivity contribution in [2.75, 3.05) is 51.8 Å². The molecule has 1 saturated heterocycles. The van der Waals surface area contributed by atoms with Crippen LogP contribution in [0.15, 0.2) is 48.5 Å². The molecule has 0 unspecified atom stereocenters. The lowest BCUT2D eigenvalue weighted by atomic mass is 10.2. The maximum atomic E-state index is 12.6. The number of piperazine rings is 1. The van der Waals surface area contributed by atoms with Crippen LogP contribution in [-0.2, 0) is 4.79 Å². The number of carbonyl (C=O) groups is 1. The Morgan fingerprint density at radius 1 is 1.07 bits per heavy atom. The number of hydrogen-bond acceptors (Lipinski definition) is 5. The maximum absolute atomic E-state index is 12.6. The molecule has 7 heteroatoms. The molecule has 2 aromatic carbocycles. The molecule has 1 N–H and O–H groups in total. The lowest BCUT2D eigenvalue weighted by molar-refractivity contribution is -0.121. The summed E-state index contributed by atoms with van der Waals surface area (Å²) in [6, 6.07) is 14.7. The van der Waals surface area contributed by atoms with Gasteiger partial charge in [-0.05, 0) is 43.3 Å². The number of benzene rings is 2. The van der Waals surface area contributed by atoms with Crippen LogP contribution in [0.2, 0.25) is 5.02 Å². The van der Waals surface area contributed by atoms with Crippen molar-refractivity contribution in [3.63, 3.8) is 0 Å². The Bertz CT molecular complexity index is 792. The number of amides is 1. The van der Waals surface area contributed by atoms with Gasteiger partial charge in [0.1, 0.15) is 18.1 Å². The summed E-state index contributed by atoms with van der Waals surface area (Å²) in [7, 11) is 1.65. The molecule has 0 spiro atoms. The van der Waals surface area contributed by atoms with Crippen LogP contribution < -0.4 is 14.8 Å². The molecule has 1 aliphatic rings. The molecular formula is C22H28ClN3O3. The Hall–Kier alpha value is -2.28. The van der Waals surface area contributed by atoms with Crippen LogP contribution in [-0.4, -0.2) is 68.2 Å². The Morgan fingerprint density at radius 2 is 1.72 bits per heavy atom. The predicted molar refractivity (Wildman–Crippen MR) is 116 cm³/mol. The van der Waals surface area contributed by atoms with Crippen LogP contribution in [0.1, 0.15) is 6.92 Å². The summed E-state index contributed by atoms with van der Waals surface area (Å²) in [6.45, 7) is 6.95. The van der Waals surface area contributed by atoms with E-state index in [4.69, 9.17) is 21.1 Å². The lowest BCUT2D eigenvalue weighted by Crippen LogP contribution is -2.53. The number of halogens is 1. The fraction of sp³-hybridized carbons (Fsp3) is 0.409. The molecule has 1 aliphatic heterocycles. The monoisotopic (exact) mass is 417 g/mol. The second-order valence-electron chi connectivity index (χ2n) is 7.05. The number of anilines is 1. The number of carbonyl (C=O) groups excluding carboxylic acids is 1. The van der Waals surface area contributed by atoms with Crippen LogP contribution in [0.5, 0.6) is 11.5 Å². The van der Waals surface area contributed by atoms with Crippen molar-refractivity contribution < 1.29 is 14.3 Å². The third-order valence-electron chi connectivity index (χ3n) is 5.20. The summed E-state index contributed by atoms with van der Waals surface area (Å²) in [6.07, 6.45) is 0. The first-order valence-electron chi connectivity index (χ1n) is 9.85. The number of nitrogens with one attached hydrogen (secondary N) is 1. The van der Waals surface area contributed by atoms with Crippen molar-refractivity contribution in [3.05, 3.63) is 53.6 Å². The maximum Gasteiger partial charge on any atom is 0.241 e. The van der Waals surface area contributed by atoms with Crippen LogP contribution >= 0.6 is 11.6 Å². The molecule has 0 saturated carbocycles. The van der Waals surface area contributed by atoms with E-state index in [0.717, 1.165) is 44.2 Å². The van der Waals surface area contributed by atoms with E-state index in [0.29, 0.717) is 17.3 Å². The van der Waals surface area contributed by atoms with E-state index in [1.807, 2.05) is 49.4 Å². The highest BCUT2D eigenvalue weighted by molar-refractivity contribution is 6.33. The van der Waals surface area contributed by atoms with E-state index >= 15 is 0 Å². The van der Waals surface area contributed by atoms with Gasteiger partial charge in [0.25, 0.3) is 0 Å². The molecule has 29 heavy (non-hydrogen) atoms. The van der Waals surface area contributed by atoms with Gasteiger partial charge in [-0.3, -0.25) is 14.6 Å². The fourth-order valence-corrected chi connectivity index (χ4v) is 3.49. The van der Waals surface area contributed by atoms with Crippen molar-refractivity contribution >= 4 is 23.2 Å². The van der Waals surface area contributed by atoms with Gasteiger partial charge >= 0.3 is 0 Å². The highest BCUT2D eigenvalue weighted by Crippen LogP contribution is 2.21. The Labute approximate surface area is 177 Å². The molecule has 0 aliphatic carbocycles. The van der Waals surface area contributed by atoms with Crippen molar-refractivity contribution in [2.24, 2.45) is 0 Å². The first kappa shape index (κ1) is 21.4. The van der Waals surface area contributed by atoms with Crippen LogP contribution in [0.3, 0.4) is 0 Å². The Balaban J connectivity index is 1.39. The number of methoxy groups -OCH3 is 1. The highest BCUT2D eigenvalue weighted by Gasteiger charge is 2.25. The Morgan fingerprint density at radius 3 is 2.38 bits per heavy atom. The van der Waals surface area contributed by atoms with E-state index in [-0.39, 0.29) is 11.9 Å². The molecule has 0 radical (unpaired) electrons. The number of para-hydroxylation sites is 1. The van der Waals surface area contributed by atoms with E-state index in [1.54, 1.807) is 13.2 Å². The molecule has 1 heterocycles. The third kappa shape index (κ3) is 6.10. The summed E-state index contributed by atoms with van der Waals surface area (Å²) in [5.41, 5.74) is 0.653. The zero-order valence-corrected chi connectivity index (χ0v) is 17.7. The lowest BCUT2D eigenvalue weighted by Gasteiger charge is -2.37. The topological polar surface area (TPSA) is 54.0 Å². The first-order chi connectivity index (χ1) is 14.1. The predicted octanol–water partition coefficient (Wildman–Crippen LogP) is 3.37. The molecule has 1 atom stereocenters. The van der Waals surface area contributed by atoms with Gasteiger partial charge in [-0.15, -0.1) is 0 Å². The number of nitrogens with zero attached hydrogens (tertiary/aromatic N) is 2. The SMILES string of the molecule is COc1ccc(OCCN2CCN([C@H](C)C(=O)Nc3ccccc3Cl)CC2)cc1. The summed E-state index contributed by atoms with van der Waals surface area (Å²) in [5.74, 6) is 1.63.